The number of ether oxygens (including phenoxy) is 3. The Bertz CT molecular complexity index is 1320. The Balaban J connectivity index is 1.51. The van der Waals surface area contributed by atoms with E-state index in [9.17, 15) is 9.90 Å². The Morgan fingerprint density at radius 2 is 2.06 bits per heavy atom. The van der Waals surface area contributed by atoms with Gasteiger partial charge in [-0.2, -0.15) is 0 Å². The van der Waals surface area contributed by atoms with E-state index in [1.807, 2.05) is 19.2 Å². The number of piperidine rings is 1. The van der Waals surface area contributed by atoms with E-state index in [-0.39, 0.29) is 23.3 Å². The number of hydrogen-bond donors (Lipinski definition) is 1. The molecule has 1 N–H and O–H groups in total. The van der Waals surface area contributed by atoms with Crippen molar-refractivity contribution in [2.75, 3.05) is 20.8 Å². The van der Waals surface area contributed by atoms with Crippen LogP contribution in [0.25, 0.3) is 6.08 Å². The fraction of sp³-hybridized carbons (Fsp3) is 0.310. The number of benzene rings is 2. The number of phenols is 1. The number of fused-ring (bicyclic) bond motifs is 1. The molecule has 0 radical (unpaired) electrons. The number of aromatic hydroxyl groups is 1. The molecule has 2 aliphatic heterocycles. The monoisotopic (exact) mass is 486 g/mol. The molecule has 1 fully saturated rings. The molecular formula is C29H30N2O5. The van der Waals surface area contributed by atoms with Gasteiger partial charge in [0, 0.05) is 30.5 Å². The lowest BCUT2D eigenvalue weighted by Gasteiger charge is -2.36. The smallest absolute Gasteiger partial charge is 0.232 e. The molecule has 36 heavy (non-hydrogen) atoms. The lowest BCUT2D eigenvalue weighted by Crippen LogP contribution is -2.33. The van der Waals surface area contributed by atoms with Gasteiger partial charge in [-0.3, -0.25) is 14.7 Å². The molecule has 1 saturated heterocycles. The molecule has 0 bridgehead atoms. The molecule has 2 aromatic carbocycles. The van der Waals surface area contributed by atoms with Crippen molar-refractivity contribution in [3.8, 4) is 23.0 Å². The van der Waals surface area contributed by atoms with Gasteiger partial charge in [0.25, 0.3) is 0 Å². The summed E-state index contributed by atoms with van der Waals surface area (Å²) in [6.45, 7) is 3.17. The van der Waals surface area contributed by atoms with Crippen molar-refractivity contribution in [1.29, 1.82) is 0 Å². The van der Waals surface area contributed by atoms with Crippen LogP contribution in [0.2, 0.25) is 0 Å². The first-order chi connectivity index (χ1) is 17.5. The van der Waals surface area contributed by atoms with Crippen LogP contribution in [0.5, 0.6) is 23.0 Å². The van der Waals surface area contributed by atoms with Gasteiger partial charge in [-0.25, -0.2) is 0 Å². The fourth-order valence-electron chi connectivity index (χ4n) is 5.16. The average Bonchev–Trinajstić information content (AvgIpc) is 3.23. The van der Waals surface area contributed by atoms with E-state index in [4.69, 9.17) is 14.2 Å². The summed E-state index contributed by atoms with van der Waals surface area (Å²) in [5, 5.41) is 11.0. The summed E-state index contributed by atoms with van der Waals surface area (Å²) < 4.78 is 17.0. The van der Waals surface area contributed by atoms with Crippen molar-refractivity contribution in [3.05, 3.63) is 82.4 Å². The van der Waals surface area contributed by atoms with Crippen molar-refractivity contribution in [2.24, 2.45) is 0 Å². The number of carbonyl (C=O) groups excluding carboxylic acids is 1. The van der Waals surface area contributed by atoms with Gasteiger partial charge in [-0.15, -0.1) is 0 Å². The second-order valence-corrected chi connectivity index (χ2v) is 9.21. The predicted molar refractivity (Wildman–Crippen MR) is 137 cm³/mol. The van der Waals surface area contributed by atoms with Crippen LogP contribution in [0.3, 0.4) is 0 Å². The minimum absolute atomic E-state index is 0.134. The van der Waals surface area contributed by atoms with Gasteiger partial charge in [0.1, 0.15) is 23.0 Å². The van der Waals surface area contributed by atoms with Crippen LogP contribution < -0.4 is 14.2 Å². The van der Waals surface area contributed by atoms with Gasteiger partial charge in [-0.05, 0) is 73.8 Å². The molecule has 0 spiro atoms. The summed E-state index contributed by atoms with van der Waals surface area (Å²) in [6, 6.07) is 11.3. The number of phenolic OH excluding ortho intramolecular Hbond substituents is 1. The number of hydrogen-bond acceptors (Lipinski definition) is 7. The fourth-order valence-corrected chi connectivity index (χ4v) is 5.16. The van der Waals surface area contributed by atoms with Crippen LogP contribution in [0.1, 0.15) is 57.9 Å². The lowest BCUT2D eigenvalue weighted by molar-refractivity contribution is 0.101. The Morgan fingerprint density at radius 3 is 2.81 bits per heavy atom. The number of pyridine rings is 1. The van der Waals surface area contributed by atoms with Crippen LogP contribution >= 0.6 is 0 Å². The maximum absolute atomic E-state index is 13.4. The number of likely N-dealkylation sites (tertiary alicyclic amines) is 1. The van der Waals surface area contributed by atoms with Crippen LogP contribution in [-0.4, -0.2) is 41.5 Å². The van der Waals surface area contributed by atoms with Crippen molar-refractivity contribution in [2.45, 2.75) is 38.8 Å². The Morgan fingerprint density at radius 1 is 1.19 bits per heavy atom. The molecule has 3 aromatic rings. The molecule has 2 aliphatic rings. The van der Waals surface area contributed by atoms with E-state index >= 15 is 0 Å². The van der Waals surface area contributed by atoms with E-state index in [0.717, 1.165) is 31.4 Å². The zero-order valence-electron chi connectivity index (χ0n) is 20.8. The van der Waals surface area contributed by atoms with Crippen LogP contribution in [0.4, 0.5) is 0 Å². The minimum atomic E-state index is -0.212. The van der Waals surface area contributed by atoms with Crippen LogP contribution in [0, 0.1) is 6.92 Å². The number of allylic oxidation sites excluding steroid dienone is 1. The van der Waals surface area contributed by atoms with Gasteiger partial charge in [0.2, 0.25) is 5.78 Å². The molecule has 1 aromatic heterocycles. The van der Waals surface area contributed by atoms with Crippen molar-refractivity contribution >= 4 is 11.9 Å². The van der Waals surface area contributed by atoms with Crippen molar-refractivity contribution in [1.82, 2.24) is 9.88 Å². The number of Topliss-reactive ketones (excluding diaryl/α,β-unsaturated/α-hetero) is 1. The average molecular weight is 487 g/mol. The predicted octanol–water partition coefficient (Wildman–Crippen LogP) is 5.46. The molecule has 0 amide bonds. The molecule has 3 heterocycles. The first kappa shape index (κ1) is 23.9. The van der Waals surface area contributed by atoms with E-state index in [0.29, 0.717) is 46.0 Å². The molecule has 0 unspecified atom stereocenters. The van der Waals surface area contributed by atoms with Gasteiger partial charge in [-0.1, -0.05) is 12.5 Å². The second-order valence-electron chi connectivity index (χ2n) is 9.21. The first-order valence-corrected chi connectivity index (χ1v) is 12.2. The number of rotatable bonds is 6. The Kier molecular flexibility index (Phi) is 6.65. The van der Waals surface area contributed by atoms with Gasteiger partial charge in [0.05, 0.1) is 25.3 Å². The van der Waals surface area contributed by atoms with Gasteiger partial charge < -0.3 is 19.3 Å². The van der Waals surface area contributed by atoms with Crippen LogP contribution in [0.15, 0.2) is 54.6 Å². The lowest BCUT2D eigenvalue weighted by atomic mass is 9.94. The Labute approximate surface area is 210 Å². The topological polar surface area (TPSA) is 81.1 Å². The summed E-state index contributed by atoms with van der Waals surface area (Å²) in [7, 11) is 3.16. The molecule has 7 nitrogen and oxygen atoms in total. The van der Waals surface area contributed by atoms with Gasteiger partial charge in [0.15, 0.2) is 5.76 Å². The third kappa shape index (κ3) is 4.42. The zero-order valence-corrected chi connectivity index (χ0v) is 20.8. The van der Waals surface area contributed by atoms with E-state index in [2.05, 4.69) is 16.0 Å². The highest BCUT2D eigenvalue weighted by Gasteiger charge is 2.35. The first-order valence-electron chi connectivity index (χ1n) is 12.2. The summed E-state index contributed by atoms with van der Waals surface area (Å²) in [5.74, 6) is 1.79. The van der Waals surface area contributed by atoms with E-state index < -0.39 is 0 Å². The molecule has 5 rings (SSSR count). The zero-order chi connectivity index (χ0) is 25.2. The number of nitrogens with zero attached hydrogens (tertiary/aromatic N) is 2. The molecule has 1 atom stereocenters. The molecule has 7 heteroatoms. The number of aromatic nitrogens is 1. The summed E-state index contributed by atoms with van der Waals surface area (Å²) in [6.07, 6.45) is 8.58. The highest BCUT2D eigenvalue weighted by atomic mass is 16.5. The molecule has 0 aliphatic carbocycles. The second kappa shape index (κ2) is 10.0. The van der Waals surface area contributed by atoms with Crippen LogP contribution in [-0.2, 0) is 6.54 Å². The summed E-state index contributed by atoms with van der Waals surface area (Å²) >= 11 is 0. The van der Waals surface area contributed by atoms with Crippen molar-refractivity contribution < 1.29 is 24.1 Å². The number of aryl methyl sites for hydroxylation is 1. The summed E-state index contributed by atoms with van der Waals surface area (Å²) in [5.41, 5.74) is 3.62. The number of ketones is 1. The minimum Gasteiger partial charge on any atom is -0.507 e. The highest BCUT2D eigenvalue weighted by molar-refractivity contribution is 6.16. The normalized spacial score (nSPS) is 18.7. The largest absolute Gasteiger partial charge is 0.507 e. The molecule has 0 saturated carbocycles. The molecule has 186 valence electrons. The third-order valence-electron chi connectivity index (χ3n) is 6.99. The van der Waals surface area contributed by atoms with E-state index in [1.54, 1.807) is 50.8 Å². The quantitative estimate of drug-likeness (QED) is 0.464. The maximum Gasteiger partial charge on any atom is 0.232 e. The highest BCUT2D eigenvalue weighted by Crippen LogP contribution is 2.44. The van der Waals surface area contributed by atoms with E-state index in [1.165, 1.54) is 0 Å². The van der Waals surface area contributed by atoms with Gasteiger partial charge >= 0.3 is 0 Å². The summed E-state index contributed by atoms with van der Waals surface area (Å²) in [4.78, 5) is 20.1. The standard InChI is InChI=1S/C29H30N2O5/c1-18-13-24(32)22(17-31-12-5-4-8-23(31)19-7-6-11-30-16-19)29-27(18)28(33)26(36-29)15-20-14-21(34-2)9-10-25(20)35-3/h6-7,9-11,13-16,23,32H,4-5,8,12,17H2,1-3H3/b26-15-/t23-/m0/s1. The number of carbonyl (C=O) groups is 1. The third-order valence-corrected chi connectivity index (χ3v) is 6.99. The SMILES string of the molecule is COc1ccc(OC)c(/C=C2\Oc3c(CN4CCCC[C@H]4c4cccnc4)c(O)cc(C)c3C2=O)c1. The maximum atomic E-state index is 13.4. The molecular weight excluding hydrogens is 456 g/mol. The van der Waals surface area contributed by atoms with Crippen molar-refractivity contribution in [3.63, 3.8) is 0 Å². The number of methoxy groups -OCH3 is 2. The Hall–Kier alpha value is -3.84.